The second kappa shape index (κ2) is 4.35. The van der Waals surface area contributed by atoms with Crippen molar-refractivity contribution < 1.29 is 0 Å². The van der Waals surface area contributed by atoms with Crippen molar-refractivity contribution >= 4 is 15.9 Å². The van der Waals surface area contributed by atoms with E-state index in [0.29, 0.717) is 11.7 Å². The summed E-state index contributed by atoms with van der Waals surface area (Å²) in [6.45, 7) is 2.02. The molecule has 1 aromatic heterocycles. The van der Waals surface area contributed by atoms with E-state index in [1.54, 1.807) is 6.07 Å². The van der Waals surface area contributed by atoms with Gasteiger partial charge in [0, 0.05) is 22.0 Å². The van der Waals surface area contributed by atoms with E-state index < -0.39 is 0 Å². The van der Waals surface area contributed by atoms with Crippen molar-refractivity contribution in [1.29, 1.82) is 0 Å². The predicted molar refractivity (Wildman–Crippen MR) is 74.7 cm³/mol. The number of aryl methyl sites for hydroxylation is 1. The van der Waals surface area contributed by atoms with Crippen LogP contribution in [0.15, 0.2) is 33.5 Å². The van der Waals surface area contributed by atoms with Gasteiger partial charge in [0.1, 0.15) is 5.82 Å². The Morgan fingerprint density at radius 3 is 2.78 bits per heavy atom. The summed E-state index contributed by atoms with van der Waals surface area (Å²) in [6.07, 6.45) is 2.30. The Labute approximate surface area is 113 Å². The van der Waals surface area contributed by atoms with Crippen LogP contribution in [-0.4, -0.2) is 9.97 Å². The summed E-state index contributed by atoms with van der Waals surface area (Å²) in [4.78, 5) is 19.0. The number of nitrogens with one attached hydrogen (secondary N) is 1. The van der Waals surface area contributed by atoms with Crippen molar-refractivity contribution in [2.45, 2.75) is 25.7 Å². The van der Waals surface area contributed by atoms with Crippen LogP contribution in [0.3, 0.4) is 0 Å². The largest absolute Gasteiger partial charge is 0.307 e. The van der Waals surface area contributed by atoms with E-state index in [0.717, 1.165) is 34.1 Å². The van der Waals surface area contributed by atoms with Crippen LogP contribution in [0.4, 0.5) is 0 Å². The lowest BCUT2D eigenvalue weighted by Gasteiger charge is -2.05. The Morgan fingerprint density at radius 1 is 1.33 bits per heavy atom. The summed E-state index contributed by atoms with van der Waals surface area (Å²) in [5.41, 5.74) is 2.94. The minimum Gasteiger partial charge on any atom is -0.307 e. The molecule has 1 fully saturated rings. The van der Waals surface area contributed by atoms with E-state index in [9.17, 15) is 4.79 Å². The monoisotopic (exact) mass is 304 g/mol. The van der Waals surface area contributed by atoms with E-state index in [4.69, 9.17) is 0 Å². The van der Waals surface area contributed by atoms with Gasteiger partial charge in [-0.25, -0.2) is 4.98 Å². The molecule has 1 aliphatic carbocycles. The van der Waals surface area contributed by atoms with Crippen molar-refractivity contribution in [3.63, 3.8) is 0 Å². The average molecular weight is 305 g/mol. The molecule has 1 heterocycles. The first-order valence-corrected chi connectivity index (χ1v) is 6.80. The minimum atomic E-state index is -0.0672. The highest BCUT2D eigenvalue weighted by Gasteiger charge is 2.25. The number of nitrogens with zero attached hydrogens (tertiary/aromatic N) is 1. The van der Waals surface area contributed by atoms with Crippen LogP contribution in [-0.2, 0) is 0 Å². The molecule has 3 rings (SSSR count). The molecule has 0 radical (unpaired) electrons. The summed E-state index contributed by atoms with van der Waals surface area (Å²) < 4.78 is 1.06. The minimum absolute atomic E-state index is 0.0672. The van der Waals surface area contributed by atoms with Gasteiger partial charge in [-0.3, -0.25) is 4.79 Å². The summed E-state index contributed by atoms with van der Waals surface area (Å²) in [5, 5.41) is 0. The molecule has 1 N–H and O–H groups in total. The summed E-state index contributed by atoms with van der Waals surface area (Å²) >= 11 is 3.47. The van der Waals surface area contributed by atoms with Crippen molar-refractivity contribution in [3.8, 4) is 11.4 Å². The molecule has 1 aliphatic rings. The summed E-state index contributed by atoms with van der Waals surface area (Å²) in [6, 6.07) is 7.59. The number of aromatic nitrogens is 2. The van der Waals surface area contributed by atoms with E-state index in [1.165, 1.54) is 0 Å². The molecule has 3 nitrogen and oxygen atoms in total. The third kappa shape index (κ3) is 2.25. The van der Waals surface area contributed by atoms with Crippen LogP contribution < -0.4 is 5.56 Å². The third-order valence-corrected chi connectivity index (χ3v) is 4.08. The summed E-state index contributed by atoms with van der Waals surface area (Å²) in [5.74, 6) is 1.16. The lowest BCUT2D eigenvalue weighted by molar-refractivity contribution is 0.976. The standard InChI is InChI=1S/C14H13BrN2O/c1-8-6-10(4-5-11(8)15)14-16-12(9-2-3-9)7-13(18)17-14/h4-7,9H,2-3H2,1H3,(H,16,17,18). The molecule has 4 heteroatoms. The van der Waals surface area contributed by atoms with E-state index in [2.05, 4.69) is 25.9 Å². The molecular formula is C14H13BrN2O. The molecular weight excluding hydrogens is 292 g/mol. The van der Waals surface area contributed by atoms with E-state index >= 15 is 0 Å². The number of H-pyrrole nitrogens is 1. The van der Waals surface area contributed by atoms with Gasteiger partial charge in [0.2, 0.25) is 0 Å². The number of rotatable bonds is 2. The van der Waals surface area contributed by atoms with Crippen LogP contribution in [0, 0.1) is 6.92 Å². The molecule has 0 atom stereocenters. The first kappa shape index (κ1) is 11.7. The quantitative estimate of drug-likeness (QED) is 0.924. The van der Waals surface area contributed by atoms with Crippen LogP contribution in [0.5, 0.6) is 0 Å². The zero-order chi connectivity index (χ0) is 12.7. The highest BCUT2D eigenvalue weighted by molar-refractivity contribution is 9.10. The Morgan fingerprint density at radius 2 is 2.11 bits per heavy atom. The van der Waals surface area contributed by atoms with Gasteiger partial charge in [-0.2, -0.15) is 0 Å². The van der Waals surface area contributed by atoms with Crippen molar-refractivity contribution in [2.24, 2.45) is 0 Å². The van der Waals surface area contributed by atoms with Crippen molar-refractivity contribution in [3.05, 3.63) is 50.3 Å². The highest BCUT2D eigenvalue weighted by atomic mass is 79.9. The fraction of sp³-hybridized carbons (Fsp3) is 0.286. The number of halogens is 1. The van der Waals surface area contributed by atoms with Gasteiger partial charge in [0.25, 0.3) is 5.56 Å². The van der Waals surface area contributed by atoms with Crippen molar-refractivity contribution in [2.75, 3.05) is 0 Å². The Kier molecular flexibility index (Phi) is 2.82. The molecule has 92 valence electrons. The molecule has 0 saturated heterocycles. The highest BCUT2D eigenvalue weighted by Crippen LogP contribution is 2.38. The molecule has 0 amide bonds. The fourth-order valence-electron chi connectivity index (χ4n) is 1.99. The molecule has 0 aliphatic heterocycles. The van der Waals surface area contributed by atoms with E-state index in [1.807, 2.05) is 25.1 Å². The lowest BCUT2D eigenvalue weighted by Crippen LogP contribution is -2.09. The van der Waals surface area contributed by atoms with Gasteiger partial charge in [-0.1, -0.05) is 22.0 Å². The van der Waals surface area contributed by atoms with Crippen molar-refractivity contribution in [1.82, 2.24) is 9.97 Å². The van der Waals surface area contributed by atoms with Crippen LogP contribution in [0.2, 0.25) is 0 Å². The normalized spacial score (nSPS) is 14.8. The molecule has 2 aromatic rings. The first-order chi connectivity index (χ1) is 8.63. The zero-order valence-electron chi connectivity index (χ0n) is 10.0. The maximum Gasteiger partial charge on any atom is 0.251 e. The van der Waals surface area contributed by atoms with Crippen LogP contribution in [0.1, 0.15) is 30.0 Å². The zero-order valence-corrected chi connectivity index (χ0v) is 11.6. The Hall–Kier alpha value is -1.42. The smallest absolute Gasteiger partial charge is 0.251 e. The predicted octanol–water partition coefficient (Wildman–Crippen LogP) is 3.39. The number of hydrogen-bond donors (Lipinski definition) is 1. The molecule has 0 unspecified atom stereocenters. The lowest BCUT2D eigenvalue weighted by atomic mass is 10.1. The van der Waals surface area contributed by atoms with Gasteiger partial charge < -0.3 is 4.98 Å². The summed E-state index contributed by atoms with van der Waals surface area (Å²) in [7, 11) is 0. The molecule has 0 spiro atoms. The Bertz CT molecular complexity index is 659. The number of hydrogen-bond acceptors (Lipinski definition) is 2. The van der Waals surface area contributed by atoms with Gasteiger partial charge in [0.15, 0.2) is 0 Å². The maximum atomic E-state index is 11.7. The van der Waals surface area contributed by atoms with Gasteiger partial charge in [0.05, 0.1) is 5.69 Å². The second-order valence-corrected chi connectivity index (χ2v) is 5.61. The fourth-order valence-corrected chi connectivity index (χ4v) is 2.24. The molecule has 1 aromatic carbocycles. The molecule has 1 saturated carbocycles. The first-order valence-electron chi connectivity index (χ1n) is 6.01. The third-order valence-electron chi connectivity index (χ3n) is 3.19. The Balaban J connectivity index is 2.09. The second-order valence-electron chi connectivity index (χ2n) is 4.76. The van der Waals surface area contributed by atoms with Gasteiger partial charge >= 0.3 is 0 Å². The van der Waals surface area contributed by atoms with Crippen LogP contribution in [0.25, 0.3) is 11.4 Å². The number of aromatic amines is 1. The van der Waals surface area contributed by atoms with Gasteiger partial charge in [-0.15, -0.1) is 0 Å². The topological polar surface area (TPSA) is 45.8 Å². The maximum absolute atomic E-state index is 11.7. The average Bonchev–Trinajstić information content (AvgIpc) is 3.16. The number of benzene rings is 1. The SMILES string of the molecule is Cc1cc(-c2nc(C3CC3)cc(=O)[nH]2)ccc1Br. The van der Waals surface area contributed by atoms with E-state index in [-0.39, 0.29) is 5.56 Å². The molecule has 0 bridgehead atoms. The van der Waals surface area contributed by atoms with Crippen LogP contribution >= 0.6 is 15.9 Å². The van der Waals surface area contributed by atoms with Gasteiger partial charge in [-0.05, 0) is 37.5 Å². The molecule has 18 heavy (non-hydrogen) atoms.